The van der Waals surface area contributed by atoms with Crippen LogP contribution in [0, 0.1) is 0 Å². The van der Waals surface area contributed by atoms with Gasteiger partial charge in [0.25, 0.3) is 0 Å². The summed E-state index contributed by atoms with van der Waals surface area (Å²) in [5.74, 6) is 3.89. The summed E-state index contributed by atoms with van der Waals surface area (Å²) in [7, 11) is 0. The van der Waals surface area contributed by atoms with Crippen molar-refractivity contribution in [2.75, 3.05) is 36.9 Å². The van der Waals surface area contributed by atoms with Gasteiger partial charge in [0.2, 0.25) is 0 Å². The molecule has 2 saturated heterocycles. The molecule has 1 atom stereocenters. The molecule has 0 radical (unpaired) electrons. The molecule has 2 aliphatic heterocycles. The first-order chi connectivity index (χ1) is 7.27. The summed E-state index contributed by atoms with van der Waals surface area (Å²) in [5.41, 5.74) is 6.40. The Balaban J connectivity index is 2.03. The molecule has 0 aromatic rings. The van der Waals surface area contributed by atoms with Gasteiger partial charge in [-0.1, -0.05) is 6.92 Å². The fraction of sp³-hybridized carbons (Fsp3) is 1.00. The normalized spacial score (nSPS) is 32.8. The van der Waals surface area contributed by atoms with Crippen molar-refractivity contribution >= 4 is 23.5 Å². The van der Waals surface area contributed by atoms with Crippen molar-refractivity contribution in [1.82, 2.24) is 4.90 Å². The van der Waals surface area contributed by atoms with E-state index < -0.39 is 0 Å². The fourth-order valence-electron chi connectivity index (χ4n) is 2.65. The lowest BCUT2D eigenvalue weighted by atomic mass is 9.89. The SMILES string of the molecule is CC1CN(C2(CN)CCSCC2)CCS1. The molecule has 2 fully saturated rings. The Labute approximate surface area is 102 Å². The van der Waals surface area contributed by atoms with E-state index in [9.17, 15) is 0 Å². The number of hydrogen-bond donors (Lipinski definition) is 1. The van der Waals surface area contributed by atoms with Gasteiger partial charge in [-0.2, -0.15) is 23.5 Å². The summed E-state index contributed by atoms with van der Waals surface area (Å²) in [4.78, 5) is 2.69. The first kappa shape index (κ1) is 12.1. The zero-order valence-electron chi connectivity index (χ0n) is 9.58. The van der Waals surface area contributed by atoms with E-state index in [0.29, 0.717) is 5.54 Å². The van der Waals surface area contributed by atoms with Gasteiger partial charge < -0.3 is 5.73 Å². The van der Waals surface area contributed by atoms with Crippen molar-refractivity contribution in [3.8, 4) is 0 Å². The summed E-state index contributed by atoms with van der Waals surface area (Å²) in [6.45, 7) is 5.69. The largest absolute Gasteiger partial charge is 0.329 e. The third-order valence-corrected chi connectivity index (χ3v) is 5.84. The molecule has 2 rings (SSSR count). The second kappa shape index (κ2) is 5.30. The molecule has 2 nitrogen and oxygen atoms in total. The standard InChI is InChI=1S/C11H22N2S2/c1-10-8-13(4-7-15-10)11(9-12)2-5-14-6-3-11/h10H,2-9,12H2,1H3. The summed E-state index contributed by atoms with van der Waals surface area (Å²) in [6, 6.07) is 0. The molecule has 0 aromatic carbocycles. The van der Waals surface area contributed by atoms with Gasteiger partial charge in [0.15, 0.2) is 0 Å². The fourth-order valence-corrected chi connectivity index (χ4v) is 4.92. The van der Waals surface area contributed by atoms with Gasteiger partial charge >= 0.3 is 0 Å². The average molecular weight is 246 g/mol. The van der Waals surface area contributed by atoms with Gasteiger partial charge in [0.05, 0.1) is 0 Å². The summed E-state index contributed by atoms with van der Waals surface area (Å²) in [5, 5.41) is 0.789. The van der Waals surface area contributed by atoms with E-state index in [1.54, 1.807) is 0 Å². The molecule has 1 unspecified atom stereocenters. The first-order valence-corrected chi connectivity index (χ1v) is 8.12. The maximum absolute atomic E-state index is 6.06. The molecule has 4 heteroatoms. The van der Waals surface area contributed by atoms with Crippen LogP contribution in [0.1, 0.15) is 19.8 Å². The van der Waals surface area contributed by atoms with Gasteiger partial charge in [-0.05, 0) is 24.3 Å². The van der Waals surface area contributed by atoms with E-state index in [-0.39, 0.29) is 0 Å². The zero-order valence-corrected chi connectivity index (χ0v) is 11.2. The van der Waals surface area contributed by atoms with Crippen molar-refractivity contribution in [3.63, 3.8) is 0 Å². The van der Waals surface area contributed by atoms with Crippen LogP contribution in [0.2, 0.25) is 0 Å². The lowest BCUT2D eigenvalue weighted by molar-refractivity contribution is 0.0897. The molecule has 0 amide bonds. The van der Waals surface area contributed by atoms with E-state index in [2.05, 4.69) is 35.3 Å². The number of rotatable bonds is 2. The number of hydrogen-bond acceptors (Lipinski definition) is 4. The Morgan fingerprint density at radius 3 is 2.67 bits per heavy atom. The highest BCUT2D eigenvalue weighted by molar-refractivity contribution is 8.00. The molecule has 0 spiro atoms. The van der Waals surface area contributed by atoms with E-state index in [1.165, 1.54) is 43.2 Å². The minimum atomic E-state index is 0.348. The first-order valence-electron chi connectivity index (χ1n) is 5.91. The molecule has 0 aromatic heterocycles. The van der Waals surface area contributed by atoms with E-state index in [1.807, 2.05) is 0 Å². The van der Waals surface area contributed by atoms with Crippen molar-refractivity contribution in [2.24, 2.45) is 5.73 Å². The van der Waals surface area contributed by atoms with Gasteiger partial charge in [-0.15, -0.1) is 0 Å². The lowest BCUT2D eigenvalue weighted by Gasteiger charge is -2.48. The number of thioether (sulfide) groups is 2. The molecule has 2 aliphatic rings. The second-order valence-electron chi connectivity index (χ2n) is 4.67. The van der Waals surface area contributed by atoms with E-state index in [4.69, 9.17) is 5.73 Å². The maximum atomic E-state index is 6.06. The summed E-state index contributed by atoms with van der Waals surface area (Å²) < 4.78 is 0. The van der Waals surface area contributed by atoms with Crippen molar-refractivity contribution in [2.45, 2.75) is 30.6 Å². The molecule has 0 bridgehead atoms. The van der Waals surface area contributed by atoms with Gasteiger partial charge in [-0.25, -0.2) is 0 Å². The van der Waals surface area contributed by atoms with Crippen LogP contribution >= 0.6 is 23.5 Å². The van der Waals surface area contributed by atoms with Crippen LogP contribution in [0.3, 0.4) is 0 Å². The summed E-state index contributed by atoms with van der Waals surface area (Å²) >= 11 is 4.20. The maximum Gasteiger partial charge on any atom is 0.0348 e. The third-order valence-electron chi connectivity index (χ3n) is 3.72. The smallest absolute Gasteiger partial charge is 0.0348 e. The van der Waals surface area contributed by atoms with Crippen LogP contribution in [0.25, 0.3) is 0 Å². The Morgan fingerprint density at radius 1 is 1.33 bits per heavy atom. The molecule has 88 valence electrons. The van der Waals surface area contributed by atoms with Crippen LogP contribution < -0.4 is 5.73 Å². The minimum absolute atomic E-state index is 0.348. The highest BCUT2D eigenvalue weighted by atomic mass is 32.2. The average Bonchev–Trinajstić information content (AvgIpc) is 2.30. The van der Waals surface area contributed by atoms with Gasteiger partial charge in [0, 0.05) is 36.2 Å². The second-order valence-corrected chi connectivity index (χ2v) is 7.44. The van der Waals surface area contributed by atoms with Crippen LogP contribution in [-0.4, -0.2) is 52.6 Å². The molecule has 0 aliphatic carbocycles. The molecule has 15 heavy (non-hydrogen) atoms. The molecule has 0 saturated carbocycles. The summed E-state index contributed by atoms with van der Waals surface area (Å²) in [6.07, 6.45) is 2.59. The molecular formula is C11H22N2S2. The molecule has 2 heterocycles. The highest BCUT2D eigenvalue weighted by Crippen LogP contribution is 2.34. The van der Waals surface area contributed by atoms with Crippen molar-refractivity contribution in [1.29, 1.82) is 0 Å². The van der Waals surface area contributed by atoms with Crippen LogP contribution in [0.5, 0.6) is 0 Å². The molecular weight excluding hydrogens is 224 g/mol. The van der Waals surface area contributed by atoms with Crippen molar-refractivity contribution in [3.05, 3.63) is 0 Å². The van der Waals surface area contributed by atoms with Gasteiger partial charge in [0.1, 0.15) is 0 Å². The van der Waals surface area contributed by atoms with E-state index in [0.717, 1.165) is 11.8 Å². The Bertz CT molecular complexity index is 205. The Hall–Kier alpha value is 0.620. The van der Waals surface area contributed by atoms with Crippen molar-refractivity contribution < 1.29 is 0 Å². The lowest BCUT2D eigenvalue weighted by Crippen LogP contribution is -2.59. The monoisotopic (exact) mass is 246 g/mol. The molecule has 2 N–H and O–H groups in total. The predicted octanol–water partition coefficient (Wildman–Crippen LogP) is 1.65. The Kier molecular flexibility index (Phi) is 4.27. The quantitative estimate of drug-likeness (QED) is 0.802. The minimum Gasteiger partial charge on any atom is -0.329 e. The van der Waals surface area contributed by atoms with Crippen LogP contribution in [0.15, 0.2) is 0 Å². The number of nitrogens with zero attached hydrogens (tertiary/aromatic N) is 1. The van der Waals surface area contributed by atoms with Gasteiger partial charge in [-0.3, -0.25) is 4.90 Å². The van der Waals surface area contributed by atoms with E-state index >= 15 is 0 Å². The number of nitrogens with two attached hydrogens (primary N) is 1. The third kappa shape index (κ3) is 2.65. The van der Waals surface area contributed by atoms with Crippen LogP contribution in [-0.2, 0) is 0 Å². The van der Waals surface area contributed by atoms with Crippen LogP contribution in [0.4, 0.5) is 0 Å². The Morgan fingerprint density at radius 2 is 2.07 bits per heavy atom. The topological polar surface area (TPSA) is 29.3 Å². The zero-order chi connectivity index (χ0) is 10.7. The highest BCUT2D eigenvalue weighted by Gasteiger charge is 2.38. The predicted molar refractivity (Wildman–Crippen MR) is 71.8 cm³/mol.